The second-order valence-corrected chi connectivity index (χ2v) is 7.13. The monoisotopic (exact) mass is 342 g/mol. The molecule has 0 unspecified atom stereocenters. The lowest BCUT2D eigenvalue weighted by Crippen LogP contribution is -2.28. The molecule has 0 bridgehead atoms. The van der Waals surface area contributed by atoms with Gasteiger partial charge in [-0.25, -0.2) is 4.98 Å². The van der Waals surface area contributed by atoms with E-state index in [4.69, 9.17) is 15.2 Å². The lowest BCUT2D eigenvalue weighted by Gasteiger charge is -2.29. The second-order valence-electron chi connectivity index (χ2n) is 7.13. The molecular formula is C20H26N2O3. The van der Waals surface area contributed by atoms with Crippen molar-refractivity contribution in [1.82, 2.24) is 4.98 Å². The molecule has 1 heterocycles. The normalized spacial score (nSPS) is 20.6. The number of fused-ring (bicyclic) bond motifs is 1. The molecule has 1 fully saturated rings. The Morgan fingerprint density at radius 2 is 2.04 bits per heavy atom. The van der Waals surface area contributed by atoms with Gasteiger partial charge < -0.3 is 15.2 Å². The molecule has 1 aliphatic carbocycles. The highest BCUT2D eigenvalue weighted by Gasteiger charge is 2.24. The lowest BCUT2D eigenvalue weighted by atomic mass is 9.88. The summed E-state index contributed by atoms with van der Waals surface area (Å²) in [6.45, 7) is 6.06. The summed E-state index contributed by atoms with van der Waals surface area (Å²) in [5.74, 6) is 1.09. The molecule has 1 aromatic carbocycles. The third-order valence-electron chi connectivity index (χ3n) is 4.75. The zero-order valence-electron chi connectivity index (χ0n) is 15.1. The van der Waals surface area contributed by atoms with E-state index in [1.807, 2.05) is 26.0 Å². The molecule has 134 valence electrons. The van der Waals surface area contributed by atoms with Crippen LogP contribution < -0.4 is 15.2 Å². The maximum absolute atomic E-state index is 11.8. The molecule has 1 aliphatic rings. The van der Waals surface area contributed by atoms with Crippen molar-refractivity contribution >= 4 is 16.7 Å². The maximum atomic E-state index is 11.8. The molecule has 0 spiro atoms. The Balaban J connectivity index is 2.02. The Hall–Kier alpha value is -2.30. The van der Waals surface area contributed by atoms with E-state index in [1.54, 1.807) is 12.3 Å². The smallest absolute Gasteiger partial charge is 0.252 e. The van der Waals surface area contributed by atoms with Gasteiger partial charge in [-0.05, 0) is 62.6 Å². The molecule has 0 saturated heterocycles. The summed E-state index contributed by atoms with van der Waals surface area (Å²) in [7, 11) is 0. The number of rotatable bonds is 5. The van der Waals surface area contributed by atoms with E-state index in [2.05, 4.69) is 11.9 Å². The average molecular weight is 342 g/mol. The number of carbonyl (C=O) groups excluding carboxylic acids is 1. The van der Waals surface area contributed by atoms with Crippen LogP contribution in [-0.2, 0) is 0 Å². The summed E-state index contributed by atoms with van der Waals surface area (Å²) in [5, 5.41) is 1.72. The molecular weight excluding hydrogens is 316 g/mol. The number of nitrogens with two attached hydrogens (primary N) is 1. The van der Waals surface area contributed by atoms with Gasteiger partial charge in [0.15, 0.2) is 0 Å². The summed E-state index contributed by atoms with van der Waals surface area (Å²) in [6.07, 6.45) is 6.51. The van der Waals surface area contributed by atoms with Crippen LogP contribution >= 0.6 is 0 Å². The van der Waals surface area contributed by atoms with Gasteiger partial charge in [0, 0.05) is 11.6 Å². The van der Waals surface area contributed by atoms with Crippen LogP contribution in [-0.4, -0.2) is 23.1 Å². The first-order valence-electron chi connectivity index (χ1n) is 9.01. The molecule has 1 amide bonds. The fourth-order valence-electron chi connectivity index (χ4n) is 3.41. The molecule has 5 heteroatoms. The van der Waals surface area contributed by atoms with Crippen LogP contribution in [0.4, 0.5) is 0 Å². The van der Waals surface area contributed by atoms with Crippen LogP contribution in [0.3, 0.4) is 0 Å². The Morgan fingerprint density at radius 1 is 1.28 bits per heavy atom. The van der Waals surface area contributed by atoms with Crippen molar-refractivity contribution in [2.24, 2.45) is 11.7 Å². The van der Waals surface area contributed by atoms with E-state index in [9.17, 15) is 4.79 Å². The Labute approximate surface area is 148 Å². The van der Waals surface area contributed by atoms with Gasteiger partial charge in [0.05, 0.1) is 11.7 Å². The molecule has 1 saturated carbocycles. The van der Waals surface area contributed by atoms with Crippen molar-refractivity contribution in [3.63, 3.8) is 0 Å². The first-order chi connectivity index (χ1) is 12.0. The van der Waals surface area contributed by atoms with Crippen LogP contribution in [0.25, 0.3) is 10.8 Å². The lowest BCUT2D eigenvalue weighted by molar-refractivity contribution is 0.0987. The van der Waals surface area contributed by atoms with Crippen LogP contribution in [0.15, 0.2) is 24.4 Å². The number of hydrogen-bond acceptors (Lipinski definition) is 4. The summed E-state index contributed by atoms with van der Waals surface area (Å²) < 4.78 is 12.1. The number of ether oxygens (including phenoxy) is 2. The molecule has 0 radical (unpaired) electrons. The quantitative estimate of drug-likeness (QED) is 0.888. The molecule has 2 atom stereocenters. The van der Waals surface area contributed by atoms with Crippen molar-refractivity contribution in [3.05, 3.63) is 30.0 Å². The van der Waals surface area contributed by atoms with Gasteiger partial charge in [0.25, 0.3) is 5.91 Å². The van der Waals surface area contributed by atoms with Gasteiger partial charge in [0.1, 0.15) is 11.9 Å². The minimum absolute atomic E-state index is 0.0602. The third kappa shape index (κ3) is 3.86. The Kier molecular flexibility index (Phi) is 5.11. The molecule has 25 heavy (non-hydrogen) atoms. The summed E-state index contributed by atoms with van der Waals surface area (Å²) in [5.41, 5.74) is 5.90. The molecule has 1 aromatic heterocycles. The molecule has 0 aliphatic heterocycles. The largest absolute Gasteiger partial charge is 0.490 e. The minimum atomic E-state index is -0.502. The first-order valence-corrected chi connectivity index (χ1v) is 9.01. The van der Waals surface area contributed by atoms with Gasteiger partial charge in [-0.2, -0.15) is 0 Å². The summed E-state index contributed by atoms with van der Waals surface area (Å²) in [6, 6.07) is 5.44. The van der Waals surface area contributed by atoms with E-state index in [1.165, 1.54) is 19.3 Å². The number of amides is 1. The fraction of sp³-hybridized carbons (Fsp3) is 0.500. The summed E-state index contributed by atoms with van der Waals surface area (Å²) >= 11 is 0. The number of hydrogen-bond donors (Lipinski definition) is 1. The number of benzene rings is 1. The van der Waals surface area contributed by atoms with Gasteiger partial charge in [-0.3, -0.25) is 4.79 Å². The van der Waals surface area contributed by atoms with E-state index in [0.29, 0.717) is 23.1 Å². The van der Waals surface area contributed by atoms with E-state index < -0.39 is 5.91 Å². The van der Waals surface area contributed by atoms with Gasteiger partial charge in [0.2, 0.25) is 5.88 Å². The van der Waals surface area contributed by atoms with Crippen molar-refractivity contribution < 1.29 is 14.3 Å². The minimum Gasteiger partial charge on any atom is -0.490 e. The van der Waals surface area contributed by atoms with Crippen LogP contribution in [0.5, 0.6) is 11.6 Å². The number of aromatic nitrogens is 1. The Morgan fingerprint density at radius 3 is 2.72 bits per heavy atom. The van der Waals surface area contributed by atoms with E-state index >= 15 is 0 Å². The van der Waals surface area contributed by atoms with Crippen molar-refractivity contribution in [2.75, 3.05) is 0 Å². The van der Waals surface area contributed by atoms with Crippen molar-refractivity contribution in [1.29, 1.82) is 0 Å². The van der Waals surface area contributed by atoms with Gasteiger partial charge >= 0.3 is 0 Å². The fourth-order valence-corrected chi connectivity index (χ4v) is 3.41. The molecule has 2 N–H and O–H groups in total. The standard InChI is InChI=1S/C20H26N2O3/c1-12(2)24-18-11-15-14(10-16(18)19(21)23)8-9-22-20(15)25-17-7-5-4-6-13(17)3/h8-13,17H,4-7H2,1-3H3,(H2,21,23)/t13-,17-/m0/s1. The van der Waals surface area contributed by atoms with Gasteiger partial charge in [-0.15, -0.1) is 0 Å². The van der Waals surface area contributed by atoms with E-state index in [0.717, 1.165) is 17.2 Å². The highest BCUT2D eigenvalue weighted by Crippen LogP contribution is 2.34. The SMILES string of the molecule is CC(C)Oc1cc2c(O[C@H]3CCCC[C@@H]3C)nccc2cc1C(N)=O. The molecule has 5 nitrogen and oxygen atoms in total. The molecule has 2 aromatic rings. The average Bonchev–Trinajstić information content (AvgIpc) is 2.56. The van der Waals surface area contributed by atoms with E-state index in [-0.39, 0.29) is 12.2 Å². The number of nitrogens with zero attached hydrogens (tertiary/aromatic N) is 1. The van der Waals surface area contributed by atoms with Crippen molar-refractivity contribution in [2.45, 2.75) is 58.7 Å². The topological polar surface area (TPSA) is 74.4 Å². The number of pyridine rings is 1. The highest BCUT2D eigenvalue weighted by molar-refractivity contribution is 6.01. The predicted molar refractivity (Wildman–Crippen MR) is 98.1 cm³/mol. The summed E-state index contributed by atoms with van der Waals surface area (Å²) in [4.78, 5) is 16.2. The Bertz CT molecular complexity index is 773. The number of carbonyl (C=O) groups is 1. The second kappa shape index (κ2) is 7.30. The maximum Gasteiger partial charge on any atom is 0.252 e. The first kappa shape index (κ1) is 17.5. The van der Waals surface area contributed by atoms with Crippen molar-refractivity contribution in [3.8, 4) is 11.6 Å². The third-order valence-corrected chi connectivity index (χ3v) is 4.75. The van der Waals surface area contributed by atoms with Gasteiger partial charge in [-0.1, -0.05) is 13.3 Å². The zero-order valence-corrected chi connectivity index (χ0v) is 15.1. The van der Waals surface area contributed by atoms with Crippen LogP contribution in [0.1, 0.15) is 56.8 Å². The van der Waals surface area contributed by atoms with Crippen LogP contribution in [0.2, 0.25) is 0 Å². The number of primary amides is 1. The van der Waals surface area contributed by atoms with Crippen LogP contribution in [0, 0.1) is 5.92 Å². The highest BCUT2D eigenvalue weighted by atomic mass is 16.5. The predicted octanol–water partition coefficient (Wildman–Crippen LogP) is 4.08. The zero-order chi connectivity index (χ0) is 18.0. The molecule has 3 rings (SSSR count).